The van der Waals surface area contributed by atoms with Crippen molar-refractivity contribution in [3.05, 3.63) is 0 Å². The van der Waals surface area contributed by atoms with Crippen molar-refractivity contribution in [3.63, 3.8) is 0 Å². The van der Waals surface area contributed by atoms with Crippen molar-refractivity contribution in [1.29, 1.82) is 0 Å². The molecule has 45 heavy (non-hydrogen) atoms. The van der Waals surface area contributed by atoms with Crippen molar-refractivity contribution in [2.45, 2.75) is 172 Å². The summed E-state index contributed by atoms with van der Waals surface area (Å²) < 4.78 is 6.69. The van der Waals surface area contributed by atoms with E-state index >= 15 is 0 Å². The molecule has 4 fully saturated rings. The molecule has 12 unspecified atom stereocenters. The van der Waals surface area contributed by atoms with Gasteiger partial charge in [0.2, 0.25) is 0 Å². The van der Waals surface area contributed by atoms with E-state index in [1.54, 1.807) is 0 Å². The Kier molecular flexibility index (Phi) is 22.3. The van der Waals surface area contributed by atoms with E-state index in [0.717, 1.165) is 66.9 Å². The van der Waals surface area contributed by atoms with Crippen LogP contribution in [0.1, 0.15) is 135 Å². The molecular formula is C36H59I8N. The lowest BCUT2D eigenvalue weighted by Crippen LogP contribution is -2.41. The first-order valence-electron chi connectivity index (χ1n) is 18.4. The van der Waals surface area contributed by atoms with Crippen molar-refractivity contribution in [3.8, 4) is 0 Å². The first kappa shape index (κ1) is 43.5. The number of nitrogens with two attached hydrogens (primary N) is 1. The normalized spacial score (nSPS) is 47.8. The van der Waals surface area contributed by atoms with Gasteiger partial charge in [0.15, 0.2) is 0 Å². The van der Waals surface area contributed by atoms with E-state index in [2.05, 4.69) is 181 Å². The third-order valence-corrected chi connectivity index (χ3v) is 31.1. The smallest absolute Gasteiger partial charge is 0.0345 e. The molecule has 0 aromatic heterocycles. The minimum atomic E-state index is 0.427. The standard InChI is InChI=1S/C36H59I8N/c37-28-14-1-7-22(8-2-15-29(28)38)26-13-6-12-25(45)19-20-27(24-11-5-18-32(41)36(44)33(42)21-24)34(26)23-9-3-16-30(39)35(43)31(40)17-4-10-23/h22-36H,1-21,45H2. The lowest BCUT2D eigenvalue weighted by Gasteiger charge is -2.47. The molecule has 12 atom stereocenters. The Balaban J connectivity index is 1.72. The van der Waals surface area contributed by atoms with Gasteiger partial charge in [0.1, 0.15) is 0 Å². The van der Waals surface area contributed by atoms with Gasteiger partial charge in [0.05, 0.1) is 0 Å². The van der Waals surface area contributed by atoms with Gasteiger partial charge in [-0.1, -0.05) is 251 Å². The molecule has 9 heteroatoms. The molecule has 264 valence electrons. The van der Waals surface area contributed by atoms with Crippen LogP contribution >= 0.6 is 181 Å². The van der Waals surface area contributed by atoms with E-state index in [9.17, 15) is 0 Å². The van der Waals surface area contributed by atoms with Gasteiger partial charge in [-0.15, -0.1) is 0 Å². The minimum absolute atomic E-state index is 0.427. The van der Waals surface area contributed by atoms with Gasteiger partial charge in [-0.2, -0.15) is 0 Å². The van der Waals surface area contributed by atoms with E-state index < -0.39 is 0 Å². The highest BCUT2D eigenvalue weighted by molar-refractivity contribution is 14.1. The van der Waals surface area contributed by atoms with Gasteiger partial charge in [-0.3, -0.25) is 0 Å². The van der Waals surface area contributed by atoms with Gasteiger partial charge in [0, 0.05) is 37.4 Å². The molecule has 0 saturated heterocycles. The fourth-order valence-corrected chi connectivity index (χ4v) is 18.4. The summed E-state index contributed by atoms with van der Waals surface area (Å²) in [5.41, 5.74) is 6.95. The van der Waals surface area contributed by atoms with Crippen LogP contribution in [0.15, 0.2) is 0 Å². The number of rotatable bonds is 3. The third kappa shape index (κ3) is 13.8. The Morgan fingerprint density at radius 1 is 0.333 bits per heavy atom. The Bertz CT molecular complexity index is 805. The molecule has 4 aliphatic rings. The Morgan fingerprint density at radius 2 is 0.733 bits per heavy atom. The first-order chi connectivity index (χ1) is 21.6. The second-order valence-corrected chi connectivity index (χ2v) is 27.8. The molecule has 1 nitrogen and oxygen atoms in total. The van der Waals surface area contributed by atoms with Gasteiger partial charge in [0.25, 0.3) is 0 Å². The number of halogens is 8. The van der Waals surface area contributed by atoms with Crippen LogP contribution in [0, 0.1) is 35.5 Å². The predicted octanol–water partition coefficient (Wildman–Crippen LogP) is 14.7. The summed E-state index contributed by atoms with van der Waals surface area (Å²) in [6.45, 7) is 0. The lowest BCUT2D eigenvalue weighted by molar-refractivity contribution is 0.0304. The van der Waals surface area contributed by atoms with E-state index in [1.165, 1.54) is 135 Å². The molecule has 0 radical (unpaired) electrons. The zero-order valence-electron chi connectivity index (χ0n) is 27.1. The molecular weight excluding hydrogens is 1460 g/mol. The van der Waals surface area contributed by atoms with Crippen LogP contribution in [0.25, 0.3) is 0 Å². The van der Waals surface area contributed by atoms with Crippen molar-refractivity contribution in [2.24, 2.45) is 41.2 Å². The molecule has 4 aliphatic carbocycles. The highest BCUT2D eigenvalue weighted by atomic mass is 127. The molecule has 0 spiro atoms. The monoisotopic (exact) mass is 1520 g/mol. The van der Waals surface area contributed by atoms with Crippen LogP contribution in [0.5, 0.6) is 0 Å². The molecule has 0 aromatic rings. The van der Waals surface area contributed by atoms with E-state index in [-0.39, 0.29) is 0 Å². The molecule has 0 heterocycles. The average molecular weight is 1520 g/mol. The van der Waals surface area contributed by atoms with Crippen LogP contribution in [0.4, 0.5) is 0 Å². The molecule has 0 aromatic carbocycles. The molecule has 4 rings (SSSR count). The zero-order valence-corrected chi connectivity index (χ0v) is 44.4. The first-order valence-corrected chi connectivity index (χ1v) is 28.4. The summed E-state index contributed by atoms with van der Waals surface area (Å²) in [6, 6.07) is 0.427. The van der Waals surface area contributed by atoms with Crippen LogP contribution < -0.4 is 5.73 Å². The van der Waals surface area contributed by atoms with Gasteiger partial charge in [-0.25, -0.2) is 0 Å². The van der Waals surface area contributed by atoms with E-state index in [4.69, 9.17) is 5.73 Å². The topological polar surface area (TPSA) is 26.0 Å². The second-order valence-electron chi connectivity index (χ2n) is 15.3. The quantitative estimate of drug-likeness (QED) is 0.221. The summed E-state index contributed by atoms with van der Waals surface area (Å²) in [6.07, 6.45) is 30.3. The summed E-state index contributed by atoms with van der Waals surface area (Å²) in [5, 5.41) is 0. The summed E-state index contributed by atoms with van der Waals surface area (Å²) in [5.74, 6) is 5.53. The highest BCUT2D eigenvalue weighted by Crippen LogP contribution is 2.52. The highest BCUT2D eigenvalue weighted by Gasteiger charge is 2.44. The third-order valence-electron chi connectivity index (χ3n) is 12.3. The zero-order chi connectivity index (χ0) is 32.5. The van der Waals surface area contributed by atoms with Crippen molar-refractivity contribution in [1.82, 2.24) is 0 Å². The molecule has 0 aliphatic heterocycles. The SMILES string of the molecule is NC1CCCC(C2CCCC(I)C(I)CCC2)C(C2CCCC(I)C(I)C(I)CCC2)C(C2CCCC(I)C(I)C(I)C2)CC1. The van der Waals surface area contributed by atoms with E-state index in [0.29, 0.717) is 6.04 Å². The molecule has 2 N–H and O–H groups in total. The number of hydrogen-bond donors (Lipinski definition) is 1. The van der Waals surface area contributed by atoms with Crippen molar-refractivity contribution >= 4 is 181 Å². The van der Waals surface area contributed by atoms with Gasteiger partial charge in [-0.05, 0) is 99.7 Å². The maximum atomic E-state index is 6.95. The fraction of sp³-hybridized carbons (Fsp3) is 1.00. The lowest BCUT2D eigenvalue weighted by atomic mass is 9.59. The summed E-state index contributed by atoms with van der Waals surface area (Å²) >= 11 is 22.6. The summed E-state index contributed by atoms with van der Waals surface area (Å²) in [4.78, 5) is 0. The van der Waals surface area contributed by atoms with Crippen LogP contribution in [-0.4, -0.2) is 37.4 Å². The maximum absolute atomic E-state index is 6.95. The van der Waals surface area contributed by atoms with Crippen LogP contribution in [-0.2, 0) is 0 Å². The summed E-state index contributed by atoms with van der Waals surface area (Å²) in [7, 11) is 0. The van der Waals surface area contributed by atoms with Gasteiger partial charge < -0.3 is 5.73 Å². The largest absolute Gasteiger partial charge is 0.328 e. The Hall–Kier alpha value is 5.80. The molecule has 4 saturated carbocycles. The fourth-order valence-electron chi connectivity index (χ4n) is 9.86. The maximum Gasteiger partial charge on any atom is 0.0345 e. The molecule has 0 amide bonds. The van der Waals surface area contributed by atoms with Crippen LogP contribution in [0.3, 0.4) is 0 Å². The minimum Gasteiger partial charge on any atom is -0.328 e. The van der Waals surface area contributed by atoms with Gasteiger partial charge >= 0.3 is 0 Å². The average Bonchev–Trinajstić information content (AvgIpc) is 3.14. The van der Waals surface area contributed by atoms with Crippen molar-refractivity contribution in [2.75, 3.05) is 0 Å². The van der Waals surface area contributed by atoms with E-state index in [1.807, 2.05) is 0 Å². The Labute approximate surface area is 387 Å². The number of alkyl halides is 8. The number of hydrogen-bond acceptors (Lipinski definition) is 1. The molecule has 0 bridgehead atoms. The van der Waals surface area contributed by atoms with Crippen LogP contribution in [0.2, 0.25) is 0 Å². The second kappa shape index (κ2) is 23.0. The predicted molar refractivity (Wildman–Crippen MR) is 268 cm³/mol. The van der Waals surface area contributed by atoms with Crippen molar-refractivity contribution < 1.29 is 0 Å². The Morgan fingerprint density at radius 3 is 1.27 bits per heavy atom.